The number of pyridine rings is 2. The van der Waals surface area contributed by atoms with Crippen molar-refractivity contribution in [2.24, 2.45) is 0 Å². The number of hydrogen-bond donors (Lipinski definition) is 1. The Morgan fingerprint density at radius 1 is 1.07 bits per heavy atom. The molecular weight excluding hydrogens is 393 g/mol. The van der Waals surface area contributed by atoms with Crippen LogP contribution in [0, 0.1) is 0 Å². The van der Waals surface area contributed by atoms with Crippen LogP contribution in [0.3, 0.4) is 0 Å². The quantitative estimate of drug-likeness (QED) is 0.703. The van der Waals surface area contributed by atoms with Crippen molar-refractivity contribution >= 4 is 16.7 Å². The first kappa shape index (κ1) is 20.4. The van der Waals surface area contributed by atoms with Crippen LogP contribution < -0.4 is 10.5 Å². The summed E-state index contributed by atoms with van der Waals surface area (Å²) in [4.78, 5) is 23.3. The summed E-state index contributed by atoms with van der Waals surface area (Å²) >= 11 is 0. The van der Waals surface area contributed by atoms with E-state index in [1.807, 2.05) is 30.0 Å². The summed E-state index contributed by atoms with van der Waals surface area (Å²) in [5, 5.41) is 1.02. The molecule has 1 N–H and O–H groups in total. The monoisotopic (exact) mass is 416 g/mol. The molecule has 0 saturated carbocycles. The molecule has 0 radical (unpaired) electrons. The molecule has 5 nitrogen and oxygen atoms in total. The highest BCUT2D eigenvalue weighted by atomic mass is 19.4. The van der Waals surface area contributed by atoms with Crippen LogP contribution in [0.5, 0.6) is 0 Å². The molecular formula is C22H23F3N4O. The lowest BCUT2D eigenvalue weighted by Gasteiger charge is -2.35. The molecule has 1 saturated heterocycles. The molecule has 0 aliphatic carbocycles. The number of hydrogen-bond acceptors (Lipinski definition) is 4. The minimum Gasteiger partial charge on any atom is -0.354 e. The zero-order chi connectivity index (χ0) is 21.3. The van der Waals surface area contributed by atoms with Crippen LogP contribution in [0.25, 0.3) is 10.9 Å². The highest BCUT2D eigenvalue weighted by Crippen LogP contribution is 2.29. The second kappa shape index (κ2) is 8.10. The average Bonchev–Trinajstić information content (AvgIpc) is 2.73. The van der Waals surface area contributed by atoms with Gasteiger partial charge in [0.1, 0.15) is 5.82 Å². The predicted octanol–water partition coefficient (Wildman–Crippen LogP) is 3.83. The number of aromatic amines is 1. The molecule has 1 aliphatic rings. The fraction of sp³-hybridized carbons (Fsp3) is 0.364. The molecule has 30 heavy (non-hydrogen) atoms. The number of fused-ring (bicyclic) bond motifs is 1. The number of nitrogens with zero attached hydrogens (tertiary/aromatic N) is 3. The summed E-state index contributed by atoms with van der Waals surface area (Å²) in [5.74, 6) is 0.567. The SMILES string of the molecule is CCc1cc2ccc(CN3CCN(c4ccc(C(F)(F)F)cn4)CC3)cc2[nH]c1=O. The lowest BCUT2D eigenvalue weighted by Crippen LogP contribution is -2.46. The smallest absolute Gasteiger partial charge is 0.354 e. The van der Waals surface area contributed by atoms with Crippen molar-refractivity contribution < 1.29 is 13.2 Å². The molecule has 0 spiro atoms. The van der Waals surface area contributed by atoms with E-state index in [4.69, 9.17) is 0 Å². The summed E-state index contributed by atoms with van der Waals surface area (Å²) in [7, 11) is 0. The number of nitrogens with one attached hydrogen (secondary N) is 1. The second-order valence-corrected chi connectivity index (χ2v) is 7.56. The van der Waals surface area contributed by atoms with Crippen LogP contribution in [0.2, 0.25) is 0 Å². The number of halogens is 3. The van der Waals surface area contributed by atoms with Crippen molar-refractivity contribution in [1.82, 2.24) is 14.9 Å². The Balaban J connectivity index is 1.39. The van der Waals surface area contributed by atoms with Crippen molar-refractivity contribution in [2.45, 2.75) is 26.1 Å². The predicted molar refractivity (Wildman–Crippen MR) is 111 cm³/mol. The number of piperazine rings is 1. The van der Waals surface area contributed by atoms with Crippen LogP contribution in [0.15, 0.2) is 47.4 Å². The Hall–Kier alpha value is -2.87. The van der Waals surface area contributed by atoms with E-state index in [0.717, 1.165) is 53.9 Å². The largest absolute Gasteiger partial charge is 0.417 e. The lowest BCUT2D eigenvalue weighted by molar-refractivity contribution is -0.137. The highest BCUT2D eigenvalue weighted by Gasteiger charge is 2.31. The summed E-state index contributed by atoms with van der Waals surface area (Å²) in [6.07, 6.45) is -2.78. The normalized spacial score (nSPS) is 15.7. The zero-order valence-electron chi connectivity index (χ0n) is 16.7. The van der Waals surface area contributed by atoms with Gasteiger partial charge in [-0.2, -0.15) is 13.2 Å². The second-order valence-electron chi connectivity index (χ2n) is 7.56. The Kier molecular flexibility index (Phi) is 5.51. The molecule has 0 bridgehead atoms. The van der Waals surface area contributed by atoms with E-state index >= 15 is 0 Å². The summed E-state index contributed by atoms with van der Waals surface area (Å²) in [6, 6.07) is 10.6. The van der Waals surface area contributed by atoms with Gasteiger partial charge in [0.25, 0.3) is 5.56 Å². The minimum absolute atomic E-state index is 0.0418. The van der Waals surface area contributed by atoms with Crippen molar-refractivity contribution in [3.05, 3.63) is 69.6 Å². The summed E-state index contributed by atoms with van der Waals surface area (Å²) in [6.45, 7) is 5.68. The molecule has 158 valence electrons. The maximum absolute atomic E-state index is 12.7. The van der Waals surface area contributed by atoms with Crippen LogP contribution >= 0.6 is 0 Å². The van der Waals surface area contributed by atoms with Gasteiger partial charge in [-0.1, -0.05) is 19.1 Å². The summed E-state index contributed by atoms with van der Waals surface area (Å²) in [5.41, 5.74) is 1.96. The third-order valence-corrected chi connectivity index (χ3v) is 5.55. The molecule has 0 amide bonds. The number of benzene rings is 1. The van der Waals surface area contributed by atoms with Gasteiger partial charge in [0, 0.05) is 50.0 Å². The van der Waals surface area contributed by atoms with Gasteiger partial charge in [-0.3, -0.25) is 9.69 Å². The first-order chi connectivity index (χ1) is 14.3. The van der Waals surface area contributed by atoms with E-state index in [1.165, 1.54) is 6.07 Å². The molecule has 4 rings (SSSR count). The number of alkyl halides is 3. The van der Waals surface area contributed by atoms with Crippen LogP contribution in [0.4, 0.5) is 19.0 Å². The molecule has 8 heteroatoms. The third kappa shape index (κ3) is 4.33. The first-order valence-corrected chi connectivity index (χ1v) is 9.99. The van der Waals surface area contributed by atoms with Gasteiger partial charge in [-0.25, -0.2) is 4.98 Å². The lowest BCUT2D eigenvalue weighted by atomic mass is 10.1. The highest BCUT2D eigenvalue weighted by molar-refractivity contribution is 5.79. The van der Waals surface area contributed by atoms with E-state index in [1.54, 1.807) is 0 Å². The van der Waals surface area contributed by atoms with Crippen LogP contribution in [0.1, 0.15) is 23.6 Å². The Morgan fingerprint density at radius 2 is 1.83 bits per heavy atom. The van der Waals surface area contributed by atoms with E-state index in [9.17, 15) is 18.0 Å². The molecule has 3 heterocycles. The van der Waals surface area contributed by atoms with Gasteiger partial charge < -0.3 is 9.88 Å². The first-order valence-electron chi connectivity index (χ1n) is 9.99. The number of anilines is 1. The number of H-pyrrole nitrogens is 1. The topological polar surface area (TPSA) is 52.2 Å². The number of aromatic nitrogens is 2. The van der Waals surface area contributed by atoms with Crippen molar-refractivity contribution in [3.8, 4) is 0 Å². The Bertz CT molecular complexity index is 1080. The van der Waals surface area contributed by atoms with E-state index < -0.39 is 11.7 Å². The zero-order valence-corrected chi connectivity index (χ0v) is 16.7. The van der Waals surface area contributed by atoms with Crippen LogP contribution in [-0.2, 0) is 19.1 Å². The molecule has 0 atom stereocenters. The van der Waals surface area contributed by atoms with Gasteiger partial charge in [0.15, 0.2) is 0 Å². The molecule has 3 aromatic rings. The van der Waals surface area contributed by atoms with Gasteiger partial charge in [-0.05, 0) is 41.6 Å². The van der Waals surface area contributed by atoms with Gasteiger partial charge in [0.2, 0.25) is 0 Å². The summed E-state index contributed by atoms with van der Waals surface area (Å²) < 4.78 is 38.1. The maximum Gasteiger partial charge on any atom is 0.417 e. The van der Waals surface area contributed by atoms with E-state index in [-0.39, 0.29) is 5.56 Å². The molecule has 1 aromatic carbocycles. The van der Waals surface area contributed by atoms with Gasteiger partial charge in [-0.15, -0.1) is 0 Å². The maximum atomic E-state index is 12.7. The van der Waals surface area contributed by atoms with Crippen LogP contribution in [-0.4, -0.2) is 41.0 Å². The fourth-order valence-corrected chi connectivity index (χ4v) is 3.79. The standard InChI is InChI=1S/C22H23F3N4O/c1-2-16-12-17-4-3-15(11-19(17)27-21(16)30)14-28-7-9-29(10-8-28)20-6-5-18(13-26-20)22(23,24)25/h3-6,11-13H,2,7-10,14H2,1H3,(H,27,30). The van der Waals surface area contributed by atoms with E-state index in [2.05, 4.69) is 20.9 Å². The minimum atomic E-state index is -4.37. The average molecular weight is 416 g/mol. The molecule has 1 aliphatic heterocycles. The molecule has 1 fully saturated rings. The molecule has 0 unspecified atom stereocenters. The number of rotatable bonds is 4. The molecule has 2 aromatic heterocycles. The van der Waals surface area contributed by atoms with Crippen molar-refractivity contribution in [3.63, 3.8) is 0 Å². The number of aryl methyl sites for hydroxylation is 1. The Morgan fingerprint density at radius 3 is 2.47 bits per heavy atom. The fourth-order valence-electron chi connectivity index (χ4n) is 3.79. The van der Waals surface area contributed by atoms with Gasteiger partial charge >= 0.3 is 6.18 Å². The van der Waals surface area contributed by atoms with Crippen molar-refractivity contribution in [2.75, 3.05) is 31.1 Å². The van der Waals surface area contributed by atoms with Crippen molar-refractivity contribution in [1.29, 1.82) is 0 Å². The van der Waals surface area contributed by atoms with Gasteiger partial charge in [0.05, 0.1) is 5.56 Å². The third-order valence-electron chi connectivity index (χ3n) is 5.55. The van der Waals surface area contributed by atoms with E-state index in [0.29, 0.717) is 25.3 Å². The Labute approximate surface area is 172 Å².